The Morgan fingerprint density at radius 2 is 1.80 bits per heavy atom. The third kappa shape index (κ3) is 3.40. The van der Waals surface area contributed by atoms with Gasteiger partial charge in [0, 0.05) is 0 Å². The molecule has 20 heavy (non-hydrogen) atoms. The van der Waals surface area contributed by atoms with Crippen molar-refractivity contribution in [3.63, 3.8) is 0 Å². The first-order valence-corrected chi connectivity index (χ1v) is 7.49. The van der Waals surface area contributed by atoms with E-state index in [-0.39, 0.29) is 5.97 Å². The van der Waals surface area contributed by atoms with E-state index < -0.39 is 12.0 Å². The van der Waals surface area contributed by atoms with Gasteiger partial charge in [-0.1, -0.05) is 43.5 Å². The molecule has 0 radical (unpaired) electrons. The van der Waals surface area contributed by atoms with Crippen LogP contribution in [0.25, 0.3) is 0 Å². The zero-order valence-corrected chi connectivity index (χ0v) is 12.3. The summed E-state index contributed by atoms with van der Waals surface area (Å²) in [6.45, 7) is 1.69. The van der Waals surface area contributed by atoms with Crippen molar-refractivity contribution < 1.29 is 14.6 Å². The molecule has 1 aliphatic carbocycles. The number of hydrogen-bond acceptors (Lipinski definition) is 3. The second kappa shape index (κ2) is 6.89. The lowest BCUT2D eigenvalue weighted by molar-refractivity contribution is -0.148. The summed E-state index contributed by atoms with van der Waals surface area (Å²) in [5.41, 5.74) is 2.13. The predicted molar refractivity (Wildman–Crippen MR) is 78.4 cm³/mol. The van der Waals surface area contributed by atoms with E-state index in [1.807, 2.05) is 12.1 Å². The van der Waals surface area contributed by atoms with Crippen LogP contribution < -0.4 is 0 Å². The lowest BCUT2D eigenvalue weighted by Gasteiger charge is -2.23. The summed E-state index contributed by atoms with van der Waals surface area (Å²) in [7, 11) is 1.34. The van der Waals surface area contributed by atoms with Gasteiger partial charge in [-0.25, -0.2) is 0 Å². The van der Waals surface area contributed by atoms with Crippen molar-refractivity contribution in [1.29, 1.82) is 0 Å². The van der Waals surface area contributed by atoms with E-state index in [0.29, 0.717) is 5.92 Å². The van der Waals surface area contributed by atoms with Crippen molar-refractivity contribution in [3.05, 3.63) is 35.4 Å². The molecule has 0 saturated heterocycles. The van der Waals surface area contributed by atoms with Crippen molar-refractivity contribution in [2.45, 2.75) is 51.0 Å². The molecule has 2 rings (SSSR count). The Hall–Kier alpha value is -1.35. The minimum absolute atomic E-state index is 0.381. The topological polar surface area (TPSA) is 46.5 Å². The highest BCUT2D eigenvalue weighted by atomic mass is 16.5. The van der Waals surface area contributed by atoms with Crippen LogP contribution in [-0.4, -0.2) is 18.2 Å². The quantitative estimate of drug-likeness (QED) is 0.855. The molecule has 1 saturated carbocycles. The highest BCUT2D eigenvalue weighted by molar-refractivity contribution is 5.72. The molecule has 1 aromatic rings. The van der Waals surface area contributed by atoms with Gasteiger partial charge < -0.3 is 9.84 Å². The summed E-state index contributed by atoms with van der Waals surface area (Å²) in [5.74, 6) is -0.262. The van der Waals surface area contributed by atoms with Gasteiger partial charge >= 0.3 is 5.97 Å². The maximum Gasteiger partial charge on any atom is 0.311 e. The van der Waals surface area contributed by atoms with E-state index in [1.165, 1.54) is 44.8 Å². The molecule has 0 heterocycles. The second-order valence-corrected chi connectivity index (χ2v) is 5.76. The van der Waals surface area contributed by atoms with Crippen LogP contribution in [-0.2, 0) is 9.53 Å². The molecule has 0 spiro atoms. The number of methoxy groups -OCH3 is 1. The smallest absolute Gasteiger partial charge is 0.311 e. The lowest BCUT2D eigenvalue weighted by atomic mass is 9.83. The summed E-state index contributed by atoms with van der Waals surface area (Å²) < 4.78 is 4.67. The molecule has 2 atom stereocenters. The first-order valence-electron chi connectivity index (χ1n) is 7.49. The van der Waals surface area contributed by atoms with Crippen molar-refractivity contribution >= 4 is 5.97 Å². The van der Waals surface area contributed by atoms with Gasteiger partial charge in [-0.2, -0.15) is 0 Å². The summed E-state index contributed by atoms with van der Waals surface area (Å²) >= 11 is 0. The molecule has 1 N–H and O–H groups in total. The Labute approximate surface area is 121 Å². The fourth-order valence-corrected chi connectivity index (χ4v) is 3.00. The maximum absolute atomic E-state index is 11.5. The van der Waals surface area contributed by atoms with Gasteiger partial charge in [-0.3, -0.25) is 4.79 Å². The van der Waals surface area contributed by atoms with Crippen LogP contribution in [0, 0.1) is 5.92 Å². The minimum Gasteiger partial charge on any atom is -0.469 e. The zero-order chi connectivity index (χ0) is 14.5. The van der Waals surface area contributed by atoms with Gasteiger partial charge in [0.2, 0.25) is 0 Å². The highest BCUT2D eigenvalue weighted by Gasteiger charge is 2.24. The van der Waals surface area contributed by atoms with E-state index >= 15 is 0 Å². The number of rotatable bonds is 4. The SMILES string of the molecule is COC(=O)C(C)C(O)c1ccc(C2CCCCC2)cc1. The fourth-order valence-electron chi connectivity index (χ4n) is 3.00. The average Bonchev–Trinajstić information content (AvgIpc) is 2.53. The van der Waals surface area contributed by atoms with E-state index in [2.05, 4.69) is 16.9 Å². The first kappa shape index (κ1) is 15.0. The number of aliphatic hydroxyl groups is 1. The molecule has 0 amide bonds. The number of aliphatic hydroxyl groups excluding tert-OH is 1. The van der Waals surface area contributed by atoms with Crippen LogP contribution in [0.3, 0.4) is 0 Å². The summed E-state index contributed by atoms with van der Waals surface area (Å²) in [6, 6.07) is 8.07. The zero-order valence-electron chi connectivity index (χ0n) is 12.3. The van der Waals surface area contributed by atoms with E-state index in [0.717, 1.165) is 5.56 Å². The van der Waals surface area contributed by atoms with Gasteiger partial charge in [0.25, 0.3) is 0 Å². The third-order valence-electron chi connectivity index (χ3n) is 4.40. The number of hydrogen-bond donors (Lipinski definition) is 1. The summed E-state index contributed by atoms with van der Waals surface area (Å²) in [5, 5.41) is 10.2. The standard InChI is InChI=1S/C17H24O3/c1-12(17(19)20-2)16(18)15-10-8-14(9-11-15)13-6-4-3-5-7-13/h8-13,16,18H,3-7H2,1-2H3. The molecule has 1 fully saturated rings. The average molecular weight is 276 g/mol. The molecule has 1 aromatic carbocycles. The van der Waals surface area contributed by atoms with Gasteiger partial charge in [0.15, 0.2) is 0 Å². The van der Waals surface area contributed by atoms with E-state index in [9.17, 15) is 9.90 Å². The number of benzene rings is 1. The van der Waals surface area contributed by atoms with Crippen LogP contribution >= 0.6 is 0 Å². The van der Waals surface area contributed by atoms with Crippen molar-refractivity contribution in [2.24, 2.45) is 5.92 Å². The Balaban J connectivity index is 2.05. The summed E-state index contributed by atoms with van der Waals surface area (Å²) in [6.07, 6.45) is 5.70. The monoisotopic (exact) mass is 276 g/mol. The van der Waals surface area contributed by atoms with Gasteiger partial charge in [0.05, 0.1) is 19.1 Å². The second-order valence-electron chi connectivity index (χ2n) is 5.76. The van der Waals surface area contributed by atoms with Crippen LogP contribution in [0.15, 0.2) is 24.3 Å². The van der Waals surface area contributed by atoms with E-state index in [4.69, 9.17) is 0 Å². The third-order valence-corrected chi connectivity index (χ3v) is 4.40. The molecule has 3 heteroatoms. The molecule has 0 aliphatic heterocycles. The normalized spacial score (nSPS) is 19.4. The van der Waals surface area contributed by atoms with Crippen molar-refractivity contribution in [3.8, 4) is 0 Å². The number of ether oxygens (including phenoxy) is 1. The van der Waals surface area contributed by atoms with Crippen LogP contribution in [0.2, 0.25) is 0 Å². The Morgan fingerprint density at radius 3 is 2.35 bits per heavy atom. The fraction of sp³-hybridized carbons (Fsp3) is 0.588. The largest absolute Gasteiger partial charge is 0.469 e. The van der Waals surface area contributed by atoms with Crippen LogP contribution in [0.4, 0.5) is 0 Å². The minimum atomic E-state index is -0.803. The number of carbonyl (C=O) groups is 1. The molecular formula is C17H24O3. The molecule has 110 valence electrons. The Bertz CT molecular complexity index is 432. The van der Waals surface area contributed by atoms with Crippen LogP contribution in [0.1, 0.15) is 62.2 Å². The molecule has 1 aliphatic rings. The van der Waals surface area contributed by atoms with Gasteiger partial charge in [0.1, 0.15) is 0 Å². The molecule has 3 nitrogen and oxygen atoms in total. The Kier molecular flexibility index (Phi) is 5.18. The Morgan fingerprint density at radius 1 is 1.20 bits per heavy atom. The number of carbonyl (C=O) groups excluding carboxylic acids is 1. The molecular weight excluding hydrogens is 252 g/mol. The van der Waals surface area contributed by atoms with Crippen molar-refractivity contribution in [2.75, 3.05) is 7.11 Å². The number of esters is 1. The molecule has 0 aromatic heterocycles. The lowest BCUT2D eigenvalue weighted by Crippen LogP contribution is -2.20. The van der Waals surface area contributed by atoms with Gasteiger partial charge in [-0.05, 0) is 36.8 Å². The van der Waals surface area contributed by atoms with E-state index in [1.54, 1.807) is 6.92 Å². The molecule has 0 bridgehead atoms. The van der Waals surface area contributed by atoms with Crippen molar-refractivity contribution in [1.82, 2.24) is 0 Å². The van der Waals surface area contributed by atoms with Gasteiger partial charge in [-0.15, -0.1) is 0 Å². The summed E-state index contributed by atoms with van der Waals surface area (Å²) in [4.78, 5) is 11.5. The maximum atomic E-state index is 11.5. The first-order chi connectivity index (χ1) is 9.63. The predicted octanol–water partition coefficient (Wildman–Crippen LogP) is 3.58. The van der Waals surface area contributed by atoms with Crippen LogP contribution in [0.5, 0.6) is 0 Å². The highest BCUT2D eigenvalue weighted by Crippen LogP contribution is 2.33. The molecule has 2 unspecified atom stereocenters.